The second-order valence-electron chi connectivity index (χ2n) is 8.98. The van der Waals surface area contributed by atoms with E-state index in [9.17, 15) is 15.2 Å². The van der Waals surface area contributed by atoms with Crippen LogP contribution in [0, 0.1) is 11.3 Å². The number of nitriles is 1. The SMILES string of the molecule is COc1ccc(CC(C)(C)NC[C@@H](O)COc2ccc(C(=O)N3CCOCC3)cc2C#N)cc1. The third-order valence-corrected chi connectivity index (χ3v) is 5.70. The monoisotopic (exact) mass is 467 g/mol. The van der Waals surface area contributed by atoms with Gasteiger partial charge in [0.2, 0.25) is 0 Å². The zero-order valence-corrected chi connectivity index (χ0v) is 20.0. The summed E-state index contributed by atoms with van der Waals surface area (Å²) in [5.41, 5.74) is 1.62. The van der Waals surface area contributed by atoms with Crippen LogP contribution in [0.25, 0.3) is 0 Å². The van der Waals surface area contributed by atoms with Gasteiger partial charge in [0.1, 0.15) is 30.3 Å². The maximum Gasteiger partial charge on any atom is 0.254 e. The number of aliphatic hydroxyl groups is 1. The van der Waals surface area contributed by atoms with E-state index in [0.717, 1.165) is 17.7 Å². The van der Waals surface area contributed by atoms with E-state index in [1.807, 2.05) is 24.3 Å². The Morgan fingerprint density at radius 2 is 1.94 bits per heavy atom. The van der Waals surface area contributed by atoms with Crippen LogP contribution in [0.15, 0.2) is 42.5 Å². The maximum absolute atomic E-state index is 12.7. The largest absolute Gasteiger partial charge is 0.497 e. The van der Waals surface area contributed by atoms with Crippen molar-refractivity contribution in [2.24, 2.45) is 0 Å². The smallest absolute Gasteiger partial charge is 0.254 e. The number of carbonyl (C=O) groups is 1. The Labute approximate surface area is 201 Å². The second kappa shape index (κ2) is 11.8. The van der Waals surface area contributed by atoms with Gasteiger partial charge in [-0.25, -0.2) is 0 Å². The summed E-state index contributed by atoms with van der Waals surface area (Å²) in [6, 6.07) is 14.8. The zero-order chi connectivity index (χ0) is 24.6. The highest BCUT2D eigenvalue weighted by Gasteiger charge is 2.21. The first-order valence-electron chi connectivity index (χ1n) is 11.4. The summed E-state index contributed by atoms with van der Waals surface area (Å²) in [5, 5.41) is 23.3. The molecular weight excluding hydrogens is 434 g/mol. The molecule has 0 aromatic heterocycles. The van der Waals surface area contributed by atoms with Crippen LogP contribution in [0.5, 0.6) is 11.5 Å². The van der Waals surface area contributed by atoms with Crippen molar-refractivity contribution < 1.29 is 24.1 Å². The van der Waals surface area contributed by atoms with E-state index in [1.165, 1.54) is 6.07 Å². The Balaban J connectivity index is 1.50. The summed E-state index contributed by atoms with van der Waals surface area (Å²) < 4.78 is 16.2. The molecule has 8 nitrogen and oxygen atoms in total. The van der Waals surface area contributed by atoms with E-state index in [1.54, 1.807) is 24.1 Å². The van der Waals surface area contributed by atoms with Gasteiger partial charge in [-0.1, -0.05) is 12.1 Å². The third kappa shape index (κ3) is 7.19. The number of ether oxygens (including phenoxy) is 3. The Morgan fingerprint density at radius 1 is 1.24 bits per heavy atom. The third-order valence-electron chi connectivity index (χ3n) is 5.70. The van der Waals surface area contributed by atoms with Gasteiger partial charge < -0.3 is 29.5 Å². The minimum absolute atomic E-state index is 0.0249. The van der Waals surface area contributed by atoms with Crippen LogP contribution in [-0.2, 0) is 11.2 Å². The number of hydrogen-bond donors (Lipinski definition) is 2. The molecule has 0 bridgehead atoms. The lowest BCUT2D eigenvalue weighted by atomic mass is 9.94. The fraction of sp³-hybridized carbons (Fsp3) is 0.462. The van der Waals surface area contributed by atoms with E-state index < -0.39 is 6.10 Å². The van der Waals surface area contributed by atoms with Crippen LogP contribution in [-0.4, -0.2) is 74.1 Å². The summed E-state index contributed by atoms with van der Waals surface area (Å²) in [6.45, 7) is 6.60. The van der Waals surface area contributed by atoms with Gasteiger partial charge in [-0.05, 0) is 56.2 Å². The molecule has 1 fully saturated rings. The molecule has 2 aromatic carbocycles. The minimum Gasteiger partial charge on any atom is -0.497 e. The van der Waals surface area contributed by atoms with E-state index in [4.69, 9.17) is 14.2 Å². The number of amides is 1. The predicted octanol–water partition coefficient (Wildman–Crippen LogP) is 2.39. The first kappa shape index (κ1) is 25.5. The fourth-order valence-corrected chi connectivity index (χ4v) is 3.78. The number of nitrogens with zero attached hydrogens (tertiary/aromatic N) is 2. The van der Waals surface area contributed by atoms with Crippen LogP contribution in [0.3, 0.4) is 0 Å². The van der Waals surface area contributed by atoms with Crippen molar-refractivity contribution in [3.05, 3.63) is 59.2 Å². The first-order chi connectivity index (χ1) is 16.3. The number of carbonyl (C=O) groups excluding carboxylic acids is 1. The standard InChI is InChI=1S/C26H33N3O5/c1-26(2,15-19-4-7-23(32-3)8-5-19)28-17-22(30)18-34-24-9-6-20(14-21(24)16-27)25(31)29-10-12-33-13-11-29/h4-9,14,22,28,30H,10-13,15,17-18H2,1-3H3/t22-/m1/s1. The van der Waals surface area contributed by atoms with Gasteiger partial charge >= 0.3 is 0 Å². The molecule has 3 rings (SSSR count). The molecule has 34 heavy (non-hydrogen) atoms. The molecule has 1 saturated heterocycles. The van der Waals surface area contributed by atoms with Crippen molar-refractivity contribution in [1.82, 2.24) is 10.2 Å². The van der Waals surface area contributed by atoms with Gasteiger partial charge in [0.15, 0.2) is 0 Å². The number of benzene rings is 2. The van der Waals surface area contributed by atoms with Gasteiger partial charge in [0, 0.05) is 30.7 Å². The molecule has 0 unspecified atom stereocenters. The summed E-state index contributed by atoms with van der Waals surface area (Å²) in [5.74, 6) is 1.03. The molecule has 0 radical (unpaired) electrons. The number of hydrogen-bond acceptors (Lipinski definition) is 7. The van der Waals surface area contributed by atoms with Crippen molar-refractivity contribution >= 4 is 5.91 Å². The molecule has 182 valence electrons. The number of β-amino-alcohol motifs (C(OH)–C–C–N with tert-alkyl or cyclic N) is 1. The number of rotatable bonds is 10. The number of morpholine rings is 1. The van der Waals surface area contributed by atoms with Crippen molar-refractivity contribution in [2.75, 3.05) is 46.6 Å². The van der Waals surface area contributed by atoms with Gasteiger partial charge in [0.25, 0.3) is 5.91 Å². The van der Waals surface area contributed by atoms with Crippen LogP contribution < -0.4 is 14.8 Å². The Hall–Kier alpha value is -3.12. The summed E-state index contributed by atoms with van der Waals surface area (Å²) >= 11 is 0. The van der Waals surface area contributed by atoms with E-state index >= 15 is 0 Å². The Bertz CT molecular complexity index is 994. The predicted molar refractivity (Wildman–Crippen MR) is 128 cm³/mol. The molecule has 2 N–H and O–H groups in total. The lowest BCUT2D eigenvalue weighted by Gasteiger charge is -2.28. The number of aliphatic hydroxyl groups excluding tert-OH is 1. The second-order valence-corrected chi connectivity index (χ2v) is 8.98. The van der Waals surface area contributed by atoms with Crippen molar-refractivity contribution in [2.45, 2.75) is 31.9 Å². The summed E-state index contributed by atoms with van der Waals surface area (Å²) in [7, 11) is 1.64. The van der Waals surface area contributed by atoms with Crippen molar-refractivity contribution in [3.8, 4) is 17.6 Å². The molecule has 8 heteroatoms. The van der Waals surface area contributed by atoms with Gasteiger partial charge in [-0.15, -0.1) is 0 Å². The molecule has 0 saturated carbocycles. The highest BCUT2D eigenvalue weighted by Crippen LogP contribution is 2.21. The Kier molecular flexibility index (Phi) is 8.88. The van der Waals surface area contributed by atoms with Crippen LogP contribution >= 0.6 is 0 Å². The molecule has 2 aromatic rings. The molecule has 0 spiro atoms. The summed E-state index contributed by atoms with van der Waals surface area (Å²) in [4.78, 5) is 14.4. The van der Waals surface area contributed by atoms with Crippen LogP contribution in [0.4, 0.5) is 0 Å². The quantitative estimate of drug-likeness (QED) is 0.553. The fourth-order valence-electron chi connectivity index (χ4n) is 3.78. The molecular formula is C26H33N3O5. The highest BCUT2D eigenvalue weighted by atomic mass is 16.5. The number of nitrogens with one attached hydrogen (secondary N) is 1. The van der Waals surface area contributed by atoms with Gasteiger partial charge in [-0.3, -0.25) is 4.79 Å². The first-order valence-corrected chi connectivity index (χ1v) is 11.4. The average molecular weight is 468 g/mol. The van der Waals surface area contributed by atoms with Gasteiger partial charge in [0.05, 0.1) is 25.9 Å². The lowest BCUT2D eigenvalue weighted by Crippen LogP contribution is -2.46. The molecule has 1 atom stereocenters. The van der Waals surface area contributed by atoms with Crippen LogP contribution in [0.2, 0.25) is 0 Å². The molecule has 1 aliphatic rings. The average Bonchev–Trinajstić information content (AvgIpc) is 2.86. The summed E-state index contributed by atoms with van der Waals surface area (Å²) in [6.07, 6.45) is 0.0123. The molecule has 1 aliphatic heterocycles. The van der Waals surface area contributed by atoms with E-state index in [-0.39, 0.29) is 23.6 Å². The van der Waals surface area contributed by atoms with Crippen molar-refractivity contribution in [1.29, 1.82) is 5.26 Å². The maximum atomic E-state index is 12.7. The highest BCUT2D eigenvalue weighted by molar-refractivity contribution is 5.95. The topological polar surface area (TPSA) is 104 Å². The normalized spacial score (nSPS) is 14.9. The molecule has 1 amide bonds. The molecule has 0 aliphatic carbocycles. The zero-order valence-electron chi connectivity index (χ0n) is 20.0. The van der Waals surface area contributed by atoms with Crippen molar-refractivity contribution in [3.63, 3.8) is 0 Å². The Morgan fingerprint density at radius 3 is 2.59 bits per heavy atom. The van der Waals surface area contributed by atoms with Gasteiger partial charge in [-0.2, -0.15) is 5.26 Å². The van der Waals surface area contributed by atoms with Crippen LogP contribution in [0.1, 0.15) is 35.3 Å². The van der Waals surface area contributed by atoms with E-state index in [2.05, 4.69) is 25.2 Å². The minimum atomic E-state index is -0.767. The number of methoxy groups -OCH3 is 1. The lowest BCUT2D eigenvalue weighted by molar-refractivity contribution is 0.0303. The van der Waals surface area contributed by atoms with E-state index in [0.29, 0.717) is 44.2 Å². The molecule has 1 heterocycles.